The van der Waals surface area contributed by atoms with Gasteiger partial charge in [-0.2, -0.15) is 0 Å². The average molecular weight is 238 g/mol. The zero-order chi connectivity index (χ0) is 12.3. The van der Waals surface area contributed by atoms with Crippen LogP contribution in [-0.2, 0) is 11.2 Å². The van der Waals surface area contributed by atoms with E-state index < -0.39 is 0 Å². The third-order valence-electron chi connectivity index (χ3n) is 3.31. The fourth-order valence-electron chi connectivity index (χ4n) is 2.22. The van der Waals surface area contributed by atoms with Crippen LogP contribution in [0.5, 0.6) is 11.5 Å². The second-order valence-corrected chi connectivity index (χ2v) is 4.45. The maximum atomic E-state index is 9.50. The van der Waals surface area contributed by atoms with Crippen LogP contribution in [0.25, 0.3) is 0 Å². The molecule has 0 spiro atoms. The van der Waals surface area contributed by atoms with Crippen LogP contribution in [0, 0.1) is 11.8 Å². The maximum absolute atomic E-state index is 9.50. The molecule has 1 aliphatic rings. The minimum absolute atomic E-state index is 0.151. The number of aliphatic hydroxyl groups is 1. The molecule has 4 heteroatoms. The first-order valence-corrected chi connectivity index (χ1v) is 5.79. The molecule has 2 atom stereocenters. The molecule has 2 unspecified atom stereocenters. The average Bonchev–Trinajstić information content (AvgIpc) is 2.79. The van der Waals surface area contributed by atoms with Crippen molar-refractivity contribution in [1.82, 2.24) is 0 Å². The number of aromatic hydroxyl groups is 1. The predicted molar refractivity (Wildman–Crippen MR) is 63.2 cm³/mol. The van der Waals surface area contributed by atoms with E-state index in [1.165, 1.54) is 7.11 Å². The smallest absolute Gasteiger partial charge is 0.160 e. The first kappa shape index (κ1) is 12.2. The largest absolute Gasteiger partial charge is 0.504 e. The number of phenolic OH excluding ortho intramolecular Hbond substituents is 1. The predicted octanol–water partition coefficient (Wildman–Crippen LogP) is 1.20. The summed E-state index contributed by atoms with van der Waals surface area (Å²) in [6.45, 7) is 1.49. The Morgan fingerprint density at radius 1 is 1.35 bits per heavy atom. The van der Waals surface area contributed by atoms with E-state index in [-0.39, 0.29) is 18.3 Å². The summed E-state index contributed by atoms with van der Waals surface area (Å²) in [4.78, 5) is 0. The Balaban J connectivity index is 2.08. The molecular weight excluding hydrogens is 220 g/mol. The number of benzene rings is 1. The van der Waals surface area contributed by atoms with Gasteiger partial charge >= 0.3 is 0 Å². The van der Waals surface area contributed by atoms with Gasteiger partial charge in [-0.15, -0.1) is 0 Å². The van der Waals surface area contributed by atoms with Gasteiger partial charge < -0.3 is 19.7 Å². The molecule has 1 aromatic rings. The van der Waals surface area contributed by atoms with Crippen LogP contribution in [-0.4, -0.2) is 37.1 Å². The van der Waals surface area contributed by atoms with E-state index in [4.69, 9.17) is 9.47 Å². The third kappa shape index (κ3) is 2.70. The number of rotatable bonds is 4. The Hall–Kier alpha value is -1.26. The zero-order valence-corrected chi connectivity index (χ0v) is 9.93. The van der Waals surface area contributed by atoms with Gasteiger partial charge in [0.25, 0.3) is 0 Å². The first-order valence-electron chi connectivity index (χ1n) is 5.79. The molecule has 0 aromatic heterocycles. The Morgan fingerprint density at radius 2 is 2.12 bits per heavy atom. The summed E-state index contributed by atoms with van der Waals surface area (Å²) >= 11 is 0. The summed E-state index contributed by atoms with van der Waals surface area (Å²) in [7, 11) is 1.54. The summed E-state index contributed by atoms with van der Waals surface area (Å²) in [6.07, 6.45) is 0.835. The molecule has 0 amide bonds. The number of phenols is 1. The second-order valence-electron chi connectivity index (χ2n) is 4.45. The highest BCUT2D eigenvalue weighted by Gasteiger charge is 2.27. The molecule has 0 aliphatic carbocycles. The Morgan fingerprint density at radius 3 is 2.82 bits per heavy atom. The summed E-state index contributed by atoms with van der Waals surface area (Å²) in [5.41, 5.74) is 1.09. The van der Waals surface area contributed by atoms with E-state index in [0.29, 0.717) is 24.9 Å². The van der Waals surface area contributed by atoms with Crippen molar-refractivity contribution in [3.63, 3.8) is 0 Å². The lowest BCUT2D eigenvalue weighted by atomic mass is 9.90. The summed E-state index contributed by atoms with van der Waals surface area (Å²) in [5, 5.41) is 18.7. The third-order valence-corrected chi connectivity index (χ3v) is 3.31. The van der Waals surface area contributed by atoms with Crippen molar-refractivity contribution < 1.29 is 19.7 Å². The van der Waals surface area contributed by atoms with Gasteiger partial charge in [-0.05, 0) is 30.0 Å². The van der Waals surface area contributed by atoms with Crippen LogP contribution >= 0.6 is 0 Å². The highest BCUT2D eigenvalue weighted by atomic mass is 16.5. The maximum Gasteiger partial charge on any atom is 0.160 e. The molecule has 2 rings (SSSR count). The molecule has 0 radical (unpaired) electrons. The van der Waals surface area contributed by atoms with E-state index in [1.807, 2.05) is 12.1 Å². The van der Waals surface area contributed by atoms with Crippen molar-refractivity contribution in [3.8, 4) is 11.5 Å². The fourth-order valence-corrected chi connectivity index (χ4v) is 2.22. The first-order chi connectivity index (χ1) is 8.24. The molecule has 94 valence electrons. The van der Waals surface area contributed by atoms with Gasteiger partial charge in [0.2, 0.25) is 0 Å². The van der Waals surface area contributed by atoms with Gasteiger partial charge in [-0.1, -0.05) is 6.07 Å². The lowest BCUT2D eigenvalue weighted by Crippen LogP contribution is -2.18. The van der Waals surface area contributed by atoms with Crippen LogP contribution in [0.15, 0.2) is 18.2 Å². The minimum atomic E-state index is 0.151. The molecule has 1 saturated heterocycles. The zero-order valence-electron chi connectivity index (χ0n) is 9.93. The fraction of sp³-hybridized carbons (Fsp3) is 0.538. The lowest BCUT2D eigenvalue weighted by Gasteiger charge is -2.15. The van der Waals surface area contributed by atoms with E-state index in [2.05, 4.69) is 0 Å². The van der Waals surface area contributed by atoms with Crippen molar-refractivity contribution >= 4 is 0 Å². The number of aliphatic hydroxyl groups excluding tert-OH is 1. The van der Waals surface area contributed by atoms with Crippen LogP contribution in [0.2, 0.25) is 0 Å². The van der Waals surface area contributed by atoms with Crippen molar-refractivity contribution in [3.05, 3.63) is 23.8 Å². The monoisotopic (exact) mass is 238 g/mol. The quantitative estimate of drug-likeness (QED) is 0.827. The van der Waals surface area contributed by atoms with Crippen molar-refractivity contribution in [2.45, 2.75) is 6.42 Å². The molecule has 1 aromatic carbocycles. The molecular formula is C13H18O4. The van der Waals surface area contributed by atoms with E-state index in [1.54, 1.807) is 6.07 Å². The SMILES string of the molecule is COc1cc(CC2COCC2CO)ccc1O. The van der Waals surface area contributed by atoms with Crippen LogP contribution in [0.1, 0.15) is 5.56 Å². The molecule has 1 aliphatic heterocycles. The lowest BCUT2D eigenvalue weighted by molar-refractivity contribution is 0.160. The van der Waals surface area contributed by atoms with Crippen molar-refractivity contribution in [2.24, 2.45) is 11.8 Å². The molecule has 4 nitrogen and oxygen atoms in total. The summed E-state index contributed by atoms with van der Waals surface area (Å²) in [5.74, 6) is 1.20. The molecule has 0 bridgehead atoms. The topological polar surface area (TPSA) is 58.9 Å². The van der Waals surface area contributed by atoms with Crippen LogP contribution in [0.3, 0.4) is 0 Å². The number of hydrogen-bond donors (Lipinski definition) is 2. The van der Waals surface area contributed by atoms with E-state index in [9.17, 15) is 10.2 Å². The van der Waals surface area contributed by atoms with Gasteiger partial charge in [0.15, 0.2) is 11.5 Å². The van der Waals surface area contributed by atoms with Gasteiger partial charge in [0.1, 0.15) is 0 Å². The van der Waals surface area contributed by atoms with E-state index >= 15 is 0 Å². The van der Waals surface area contributed by atoms with Gasteiger partial charge in [-0.25, -0.2) is 0 Å². The molecule has 0 saturated carbocycles. The Bertz CT molecular complexity index is 378. The molecule has 1 fully saturated rings. The Labute approximate surface area is 101 Å². The molecule has 17 heavy (non-hydrogen) atoms. The van der Waals surface area contributed by atoms with Crippen molar-refractivity contribution in [1.29, 1.82) is 0 Å². The highest BCUT2D eigenvalue weighted by Crippen LogP contribution is 2.30. The number of ether oxygens (including phenoxy) is 2. The molecule has 2 N–H and O–H groups in total. The second kappa shape index (κ2) is 5.38. The van der Waals surface area contributed by atoms with Gasteiger partial charge in [0, 0.05) is 12.5 Å². The van der Waals surface area contributed by atoms with Gasteiger partial charge in [0.05, 0.1) is 20.3 Å². The molecule has 1 heterocycles. The van der Waals surface area contributed by atoms with Crippen LogP contribution in [0.4, 0.5) is 0 Å². The minimum Gasteiger partial charge on any atom is -0.504 e. The summed E-state index contributed by atoms with van der Waals surface area (Å²) in [6, 6.07) is 5.35. The summed E-state index contributed by atoms with van der Waals surface area (Å²) < 4.78 is 10.4. The van der Waals surface area contributed by atoms with Crippen LogP contribution < -0.4 is 4.74 Å². The number of hydrogen-bond acceptors (Lipinski definition) is 4. The Kier molecular flexibility index (Phi) is 3.86. The number of methoxy groups -OCH3 is 1. The normalized spacial score (nSPS) is 23.9. The highest BCUT2D eigenvalue weighted by molar-refractivity contribution is 5.41. The standard InChI is InChI=1S/C13H18O4/c1-16-13-5-9(2-3-12(13)15)4-10-7-17-8-11(10)6-14/h2-3,5,10-11,14-15H,4,6-8H2,1H3. The van der Waals surface area contributed by atoms with E-state index in [0.717, 1.165) is 12.0 Å². The van der Waals surface area contributed by atoms with Crippen molar-refractivity contribution in [2.75, 3.05) is 26.9 Å². The van der Waals surface area contributed by atoms with Gasteiger partial charge in [-0.3, -0.25) is 0 Å².